The van der Waals surface area contributed by atoms with Crippen molar-refractivity contribution < 1.29 is 0 Å². The van der Waals surface area contributed by atoms with Gasteiger partial charge in [-0.05, 0) is 46.7 Å². The third kappa shape index (κ3) is 1.58. The van der Waals surface area contributed by atoms with Crippen LogP contribution in [-0.2, 0) is 6.42 Å². The molecule has 0 fully saturated rings. The third-order valence-electron chi connectivity index (χ3n) is 2.67. The predicted molar refractivity (Wildman–Crippen MR) is 69.2 cm³/mol. The molecule has 2 heteroatoms. The summed E-state index contributed by atoms with van der Waals surface area (Å²) < 4.78 is 1.16. The number of hydrogen-bond donors (Lipinski definition) is 0. The van der Waals surface area contributed by atoms with Gasteiger partial charge in [0.1, 0.15) is 0 Å². The Bertz CT molecular complexity index is 523. The van der Waals surface area contributed by atoms with E-state index in [2.05, 4.69) is 57.7 Å². The van der Waals surface area contributed by atoms with E-state index in [-0.39, 0.29) is 0 Å². The van der Waals surface area contributed by atoms with Crippen molar-refractivity contribution in [1.82, 2.24) is 0 Å². The second-order valence-corrected chi connectivity index (χ2v) is 5.46. The lowest BCUT2D eigenvalue weighted by Gasteiger charge is -2.04. The van der Waals surface area contributed by atoms with E-state index < -0.39 is 0 Å². The van der Waals surface area contributed by atoms with Crippen molar-refractivity contribution in [3.05, 3.63) is 62.3 Å². The molecule has 0 atom stereocenters. The van der Waals surface area contributed by atoms with Gasteiger partial charge in [-0.25, -0.2) is 0 Å². The lowest BCUT2D eigenvalue weighted by Crippen LogP contribution is -1.84. The molecule has 1 aliphatic rings. The Hall–Kier alpha value is -0.860. The van der Waals surface area contributed by atoms with E-state index in [1.165, 1.54) is 21.6 Å². The minimum atomic E-state index is 1.07. The van der Waals surface area contributed by atoms with Crippen LogP contribution < -0.4 is 0 Å². The Morgan fingerprint density at radius 3 is 2.93 bits per heavy atom. The summed E-state index contributed by atoms with van der Waals surface area (Å²) in [5.74, 6) is 0. The van der Waals surface area contributed by atoms with Crippen molar-refractivity contribution in [2.75, 3.05) is 0 Å². The van der Waals surface area contributed by atoms with Crippen LogP contribution >= 0.6 is 27.3 Å². The maximum atomic E-state index is 3.53. The number of halogens is 1. The van der Waals surface area contributed by atoms with Crippen molar-refractivity contribution in [1.29, 1.82) is 0 Å². The van der Waals surface area contributed by atoms with Crippen LogP contribution in [0.1, 0.15) is 16.0 Å². The van der Waals surface area contributed by atoms with Gasteiger partial charge in [0, 0.05) is 9.35 Å². The summed E-state index contributed by atoms with van der Waals surface area (Å²) in [5.41, 5.74) is 4.20. The molecule has 0 unspecified atom stereocenters. The second kappa shape index (κ2) is 3.62. The largest absolute Gasteiger partial charge is 0.144 e. The highest BCUT2D eigenvalue weighted by Crippen LogP contribution is 2.36. The summed E-state index contributed by atoms with van der Waals surface area (Å²) in [4.78, 5) is 1.37. The average molecular weight is 277 g/mol. The molecule has 0 N–H and O–H groups in total. The number of benzene rings is 1. The van der Waals surface area contributed by atoms with Gasteiger partial charge >= 0.3 is 0 Å². The summed E-state index contributed by atoms with van der Waals surface area (Å²) in [6.45, 7) is 0. The molecule has 0 saturated heterocycles. The first-order valence-corrected chi connectivity index (χ1v) is 6.55. The van der Waals surface area contributed by atoms with Crippen molar-refractivity contribution in [2.24, 2.45) is 0 Å². The zero-order valence-electron chi connectivity index (χ0n) is 8.03. The third-order valence-corrected chi connectivity index (χ3v) is 4.07. The molecule has 74 valence electrons. The molecule has 1 aliphatic carbocycles. The molecule has 1 heterocycles. The summed E-state index contributed by atoms with van der Waals surface area (Å²) in [6, 6.07) is 10.8. The van der Waals surface area contributed by atoms with Gasteiger partial charge in [-0.3, -0.25) is 0 Å². The summed E-state index contributed by atoms with van der Waals surface area (Å²) in [6.07, 6.45) is 3.39. The molecule has 0 amide bonds. The fraction of sp³-hybridized carbons (Fsp3) is 0.0769. The molecule has 0 saturated carbocycles. The molecule has 1 aromatic carbocycles. The Labute approximate surface area is 101 Å². The average Bonchev–Trinajstić information content (AvgIpc) is 2.83. The minimum absolute atomic E-state index is 1.07. The van der Waals surface area contributed by atoms with Crippen molar-refractivity contribution in [3.8, 4) is 0 Å². The highest BCUT2D eigenvalue weighted by Gasteiger charge is 2.15. The van der Waals surface area contributed by atoms with Crippen LogP contribution in [0.15, 0.2) is 46.3 Å². The lowest BCUT2D eigenvalue weighted by atomic mass is 10.1. The SMILES string of the molecule is Brc1ccc2c(c1)C(c1cccs1)=CC2. The molecular formula is C13H9BrS. The van der Waals surface area contributed by atoms with Gasteiger partial charge in [0.2, 0.25) is 0 Å². The lowest BCUT2D eigenvalue weighted by molar-refractivity contribution is 1.31. The van der Waals surface area contributed by atoms with Crippen LogP contribution in [0.3, 0.4) is 0 Å². The molecule has 2 aromatic rings. The molecule has 3 rings (SSSR count). The zero-order valence-corrected chi connectivity index (χ0v) is 10.4. The van der Waals surface area contributed by atoms with Gasteiger partial charge in [-0.1, -0.05) is 34.1 Å². The van der Waals surface area contributed by atoms with E-state index in [1.807, 2.05) is 0 Å². The molecule has 0 bridgehead atoms. The predicted octanol–water partition coefficient (Wildman–Crippen LogP) is 4.50. The number of allylic oxidation sites excluding steroid dienone is 1. The zero-order chi connectivity index (χ0) is 10.3. The Kier molecular flexibility index (Phi) is 2.26. The first-order chi connectivity index (χ1) is 7.34. The number of fused-ring (bicyclic) bond motifs is 1. The molecule has 1 aromatic heterocycles. The molecule has 0 spiro atoms. The van der Waals surface area contributed by atoms with Gasteiger partial charge in [0.15, 0.2) is 0 Å². The van der Waals surface area contributed by atoms with Gasteiger partial charge in [-0.2, -0.15) is 0 Å². The van der Waals surface area contributed by atoms with Crippen LogP contribution in [0.2, 0.25) is 0 Å². The molecule has 0 aliphatic heterocycles. The van der Waals surface area contributed by atoms with Crippen molar-refractivity contribution >= 4 is 32.8 Å². The fourth-order valence-electron chi connectivity index (χ4n) is 1.96. The first-order valence-electron chi connectivity index (χ1n) is 4.87. The summed E-state index contributed by atoms with van der Waals surface area (Å²) in [5, 5.41) is 2.13. The van der Waals surface area contributed by atoms with Crippen molar-refractivity contribution in [2.45, 2.75) is 6.42 Å². The molecule has 0 radical (unpaired) electrons. The van der Waals surface area contributed by atoms with E-state index in [1.54, 1.807) is 11.3 Å². The van der Waals surface area contributed by atoms with Gasteiger partial charge in [-0.15, -0.1) is 11.3 Å². The summed E-state index contributed by atoms with van der Waals surface area (Å²) in [7, 11) is 0. The van der Waals surface area contributed by atoms with E-state index in [0.29, 0.717) is 0 Å². The van der Waals surface area contributed by atoms with Gasteiger partial charge < -0.3 is 0 Å². The van der Waals surface area contributed by atoms with E-state index in [9.17, 15) is 0 Å². The van der Waals surface area contributed by atoms with Gasteiger partial charge in [0.05, 0.1) is 0 Å². The standard InChI is InChI=1S/C13H9BrS/c14-10-5-3-9-4-6-11(12(9)8-10)13-2-1-7-15-13/h1-3,5-8H,4H2. The monoisotopic (exact) mass is 276 g/mol. The van der Waals surface area contributed by atoms with Crippen LogP contribution in [0.4, 0.5) is 0 Å². The van der Waals surface area contributed by atoms with E-state index in [0.717, 1.165) is 10.9 Å². The second-order valence-electron chi connectivity index (χ2n) is 3.60. The maximum absolute atomic E-state index is 3.53. The Balaban J connectivity index is 2.14. The number of rotatable bonds is 1. The van der Waals surface area contributed by atoms with Gasteiger partial charge in [0.25, 0.3) is 0 Å². The fourth-order valence-corrected chi connectivity index (χ4v) is 3.11. The number of hydrogen-bond acceptors (Lipinski definition) is 1. The maximum Gasteiger partial charge on any atom is 0.0345 e. The first kappa shape index (κ1) is 9.37. The number of thiophene rings is 1. The van der Waals surface area contributed by atoms with Crippen LogP contribution in [-0.4, -0.2) is 0 Å². The molecule has 0 nitrogen and oxygen atoms in total. The Morgan fingerprint density at radius 2 is 2.13 bits per heavy atom. The molecular weight excluding hydrogens is 268 g/mol. The van der Waals surface area contributed by atoms with E-state index in [4.69, 9.17) is 0 Å². The van der Waals surface area contributed by atoms with Crippen LogP contribution in [0.25, 0.3) is 5.57 Å². The smallest absolute Gasteiger partial charge is 0.0345 e. The normalized spacial score (nSPS) is 13.8. The van der Waals surface area contributed by atoms with Crippen LogP contribution in [0.5, 0.6) is 0 Å². The van der Waals surface area contributed by atoms with Crippen molar-refractivity contribution in [3.63, 3.8) is 0 Å². The highest BCUT2D eigenvalue weighted by molar-refractivity contribution is 9.10. The minimum Gasteiger partial charge on any atom is -0.144 e. The van der Waals surface area contributed by atoms with Crippen LogP contribution in [0, 0.1) is 0 Å². The quantitative estimate of drug-likeness (QED) is 0.720. The van der Waals surface area contributed by atoms with E-state index >= 15 is 0 Å². The topological polar surface area (TPSA) is 0 Å². The molecule has 15 heavy (non-hydrogen) atoms. The summed E-state index contributed by atoms with van der Waals surface area (Å²) >= 11 is 5.34. The highest BCUT2D eigenvalue weighted by atomic mass is 79.9. The Morgan fingerprint density at radius 1 is 1.20 bits per heavy atom.